The van der Waals surface area contributed by atoms with Gasteiger partial charge in [-0.05, 0) is 27.2 Å². The van der Waals surface area contributed by atoms with E-state index in [1.807, 2.05) is 81.4 Å². The summed E-state index contributed by atoms with van der Waals surface area (Å²) in [7, 11) is 0. The maximum atomic E-state index is 13.0. The van der Waals surface area contributed by atoms with Crippen molar-refractivity contribution in [2.75, 3.05) is 0 Å². The number of unbranched alkanes of at least 4 members (excludes halogenated alkanes) is 3. The average Bonchev–Trinajstić information content (AvgIpc) is 2.71. The number of nitrogens with zero attached hydrogens (tertiary/aromatic N) is 1. The fraction of sp³-hybridized carbons (Fsp3) is 0.462. The van der Waals surface area contributed by atoms with Crippen LogP contribution < -0.4 is 0 Å². The molecule has 2 rings (SSSR count). The minimum absolute atomic E-state index is 0.491. The Morgan fingerprint density at radius 1 is 0.933 bits per heavy atom. The van der Waals surface area contributed by atoms with Gasteiger partial charge in [-0.25, -0.2) is 4.79 Å². The van der Waals surface area contributed by atoms with Crippen molar-refractivity contribution in [3.8, 4) is 0 Å². The van der Waals surface area contributed by atoms with Crippen molar-refractivity contribution in [2.24, 2.45) is 4.99 Å². The Morgan fingerprint density at radius 3 is 1.93 bits per heavy atom. The number of rotatable bonds is 10. The molecule has 0 aliphatic heterocycles. The molecule has 0 amide bonds. The molecule has 30 heavy (non-hydrogen) atoms. The van der Waals surface area contributed by atoms with E-state index in [9.17, 15) is 9.90 Å². The highest BCUT2D eigenvalue weighted by molar-refractivity contribution is 6.13. The minimum atomic E-state index is -0.971. The largest absolute Gasteiger partial charge is 0.458 e. The van der Waals surface area contributed by atoms with Gasteiger partial charge in [0.2, 0.25) is 0 Å². The van der Waals surface area contributed by atoms with E-state index in [1.54, 1.807) is 0 Å². The monoisotopic (exact) mass is 409 g/mol. The summed E-state index contributed by atoms with van der Waals surface area (Å²) in [6.07, 6.45) is 3.75. The number of aliphatic imine (C=N–C) groups is 1. The van der Waals surface area contributed by atoms with Crippen molar-refractivity contribution in [1.29, 1.82) is 0 Å². The third-order valence-electron chi connectivity index (χ3n) is 4.73. The fourth-order valence-electron chi connectivity index (χ4n) is 3.24. The Hall–Kier alpha value is -2.46. The van der Waals surface area contributed by atoms with Gasteiger partial charge in [-0.1, -0.05) is 93.3 Å². The number of carbonyl (C=O) groups is 1. The quantitative estimate of drug-likeness (QED) is 0.317. The highest BCUT2D eigenvalue weighted by Gasteiger charge is 2.31. The molecule has 2 aromatic rings. The third-order valence-corrected chi connectivity index (χ3v) is 4.73. The van der Waals surface area contributed by atoms with E-state index < -0.39 is 23.7 Å². The van der Waals surface area contributed by atoms with Crippen molar-refractivity contribution < 1.29 is 14.6 Å². The van der Waals surface area contributed by atoms with Gasteiger partial charge >= 0.3 is 5.97 Å². The van der Waals surface area contributed by atoms with Crippen LogP contribution in [0, 0.1) is 0 Å². The van der Waals surface area contributed by atoms with E-state index >= 15 is 0 Å². The average molecular weight is 410 g/mol. The van der Waals surface area contributed by atoms with Gasteiger partial charge in [0.15, 0.2) is 6.04 Å². The molecule has 0 unspecified atom stereocenters. The summed E-state index contributed by atoms with van der Waals surface area (Å²) >= 11 is 0. The SMILES string of the molecule is CCCCCC[C@@H](O)[C@@H](N=C(c1ccccc1)c1ccccc1)C(=O)OC(C)(C)C. The normalized spacial score (nSPS) is 13.4. The van der Waals surface area contributed by atoms with Gasteiger partial charge in [0.05, 0.1) is 11.8 Å². The van der Waals surface area contributed by atoms with Crippen molar-refractivity contribution in [3.63, 3.8) is 0 Å². The summed E-state index contributed by atoms with van der Waals surface area (Å²) in [5, 5.41) is 10.9. The topological polar surface area (TPSA) is 58.9 Å². The number of hydrogen-bond acceptors (Lipinski definition) is 4. The number of hydrogen-bond donors (Lipinski definition) is 1. The lowest BCUT2D eigenvalue weighted by molar-refractivity contribution is -0.159. The van der Waals surface area contributed by atoms with Crippen LogP contribution in [0.2, 0.25) is 0 Å². The van der Waals surface area contributed by atoms with E-state index in [1.165, 1.54) is 0 Å². The summed E-state index contributed by atoms with van der Waals surface area (Å²) in [6, 6.07) is 18.5. The highest BCUT2D eigenvalue weighted by Crippen LogP contribution is 2.19. The second-order valence-electron chi connectivity index (χ2n) is 8.60. The van der Waals surface area contributed by atoms with Crippen LogP contribution in [-0.2, 0) is 9.53 Å². The first-order chi connectivity index (χ1) is 14.3. The smallest absolute Gasteiger partial charge is 0.334 e. The Balaban J connectivity index is 2.41. The van der Waals surface area contributed by atoms with Gasteiger partial charge in [0.25, 0.3) is 0 Å². The maximum Gasteiger partial charge on any atom is 0.334 e. The summed E-state index contributed by atoms with van der Waals surface area (Å²) in [5.74, 6) is -0.491. The van der Waals surface area contributed by atoms with E-state index in [2.05, 4.69) is 6.92 Å². The molecule has 0 saturated heterocycles. The zero-order chi connectivity index (χ0) is 22.0. The Kier molecular flexibility index (Phi) is 9.25. The molecule has 2 aromatic carbocycles. The van der Waals surface area contributed by atoms with Gasteiger partial charge in [0, 0.05) is 11.1 Å². The molecule has 0 bridgehead atoms. The molecule has 162 valence electrons. The molecule has 0 heterocycles. The molecule has 0 aliphatic carbocycles. The summed E-state index contributed by atoms with van der Waals surface area (Å²) in [4.78, 5) is 17.8. The van der Waals surface area contributed by atoms with Crippen LogP contribution in [0.4, 0.5) is 0 Å². The highest BCUT2D eigenvalue weighted by atomic mass is 16.6. The first kappa shape index (κ1) is 23.8. The van der Waals surface area contributed by atoms with Crippen LogP contribution in [-0.4, -0.2) is 34.5 Å². The molecule has 0 aromatic heterocycles. The molecule has 0 fully saturated rings. The second kappa shape index (κ2) is 11.7. The summed E-state index contributed by atoms with van der Waals surface area (Å²) < 4.78 is 5.62. The standard InChI is InChI=1S/C26H35NO3/c1-5-6-7-14-19-22(28)24(25(29)30-26(2,3)4)27-23(20-15-10-8-11-16-20)21-17-12-9-13-18-21/h8-13,15-18,22,24,28H,5-7,14,19H2,1-4H3/t22-,24-/m1/s1. The van der Waals surface area contributed by atoms with Crippen LogP contribution in [0.5, 0.6) is 0 Å². The summed E-state index contributed by atoms with van der Waals surface area (Å²) in [5.41, 5.74) is 1.83. The molecule has 4 nitrogen and oxygen atoms in total. The lowest BCUT2D eigenvalue weighted by Crippen LogP contribution is -2.39. The number of esters is 1. The van der Waals surface area contributed by atoms with Crippen molar-refractivity contribution in [3.05, 3.63) is 71.8 Å². The lowest BCUT2D eigenvalue weighted by atomic mass is 9.99. The zero-order valence-electron chi connectivity index (χ0n) is 18.7. The van der Waals surface area contributed by atoms with E-state index in [0.29, 0.717) is 12.1 Å². The van der Waals surface area contributed by atoms with Crippen LogP contribution >= 0.6 is 0 Å². The molecular weight excluding hydrogens is 374 g/mol. The van der Waals surface area contributed by atoms with Crippen molar-refractivity contribution in [1.82, 2.24) is 0 Å². The number of aliphatic hydroxyl groups excluding tert-OH is 1. The van der Waals surface area contributed by atoms with Crippen LogP contribution in [0.15, 0.2) is 65.7 Å². The van der Waals surface area contributed by atoms with E-state index in [4.69, 9.17) is 9.73 Å². The van der Waals surface area contributed by atoms with Gasteiger partial charge < -0.3 is 9.84 Å². The predicted octanol–water partition coefficient (Wildman–Crippen LogP) is 5.57. The van der Waals surface area contributed by atoms with Crippen LogP contribution in [0.3, 0.4) is 0 Å². The Bertz CT molecular complexity index is 753. The van der Waals surface area contributed by atoms with E-state index in [-0.39, 0.29) is 0 Å². The third kappa shape index (κ3) is 7.75. The Morgan fingerprint density at radius 2 is 1.47 bits per heavy atom. The molecule has 0 radical (unpaired) electrons. The lowest BCUT2D eigenvalue weighted by Gasteiger charge is -2.25. The van der Waals surface area contributed by atoms with Crippen molar-refractivity contribution >= 4 is 11.7 Å². The van der Waals surface area contributed by atoms with Crippen LogP contribution in [0.1, 0.15) is 70.9 Å². The molecule has 2 atom stereocenters. The van der Waals surface area contributed by atoms with E-state index in [0.717, 1.165) is 36.8 Å². The first-order valence-electron chi connectivity index (χ1n) is 10.9. The molecule has 1 N–H and O–H groups in total. The maximum absolute atomic E-state index is 13.0. The van der Waals surface area contributed by atoms with Gasteiger partial charge in [-0.3, -0.25) is 4.99 Å². The molecule has 0 aliphatic rings. The Labute approximate surface area is 181 Å². The minimum Gasteiger partial charge on any atom is -0.458 e. The van der Waals surface area contributed by atoms with Gasteiger partial charge in [-0.15, -0.1) is 0 Å². The van der Waals surface area contributed by atoms with Gasteiger partial charge in [-0.2, -0.15) is 0 Å². The van der Waals surface area contributed by atoms with Crippen LogP contribution in [0.25, 0.3) is 0 Å². The van der Waals surface area contributed by atoms with Gasteiger partial charge in [0.1, 0.15) is 5.60 Å². The second-order valence-corrected chi connectivity index (χ2v) is 8.60. The first-order valence-corrected chi connectivity index (χ1v) is 10.9. The number of aliphatic hydroxyl groups is 1. The predicted molar refractivity (Wildman–Crippen MR) is 123 cm³/mol. The number of carbonyl (C=O) groups excluding carboxylic acids is 1. The zero-order valence-corrected chi connectivity index (χ0v) is 18.7. The summed E-state index contributed by atoms with van der Waals surface area (Å²) in [6.45, 7) is 7.63. The van der Waals surface area contributed by atoms with Crippen molar-refractivity contribution in [2.45, 2.75) is 77.5 Å². The molecule has 0 spiro atoms. The number of ether oxygens (including phenoxy) is 1. The number of benzene rings is 2. The fourth-order valence-corrected chi connectivity index (χ4v) is 3.24. The molecular formula is C26H35NO3. The molecule has 0 saturated carbocycles. The molecule has 4 heteroatoms.